The van der Waals surface area contributed by atoms with Crippen molar-refractivity contribution in [3.05, 3.63) is 58.3 Å². The Bertz CT molecular complexity index is 596. The van der Waals surface area contributed by atoms with E-state index in [0.29, 0.717) is 25.9 Å². The van der Waals surface area contributed by atoms with Crippen LogP contribution in [0.4, 0.5) is 0 Å². The summed E-state index contributed by atoms with van der Waals surface area (Å²) < 4.78 is 0. The van der Waals surface area contributed by atoms with Crippen molar-refractivity contribution in [1.82, 2.24) is 4.90 Å². The van der Waals surface area contributed by atoms with Crippen molar-refractivity contribution in [2.45, 2.75) is 25.8 Å². The van der Waals surface area contributed by atoms with E-state index in [-0.39, 0.29) is 12.3 Å². The van der Waals surface area contributed by atoms with E-state index in [2.05, 4.69) is 0 Å². The quantitative estimate of drug-likeness (QED) is 0.813. The van der Waals surface area contributed by atoms with Gasteiger partial charge in [-0.25, -0.2) is 0 Å². The Morgan fingerprint density at radius 3 is 2.50 bits per heavy atom. The smallest absolute Gasteiger partial charge is 0.303 e. The molecule has 1 aromatic heterocycles. The van der Waals surface area contributed by atoms with Gasteiger partial charge in [0.25, 0.3) is 0 Å². The van der Waals surface area contributed by atoms with Gasteiger partial charge >= 0.3 is 5.97 Å². The molecule has 0 atom stereocenters. The molecule has 0 radical (unpaired) electrons. The Morgan fingerprint density at radius 1 is 1.09 bits per heavy atom. The molecule has 0 spiro atoms. The molecular formula is C17H19NO3S. The van der Waals surface area contributed by atoms with Crippen LogP contribution >= 0.6 is 11.3 Å². The van der Waals surface area contributed by atoms with Crippen LogP contribution in [-0.2, 0) is 22.6 Å². The maximum Gasteiger partial charge on any atom is 0.303 e. The molecule has 22 heavy (non-hydrogen) atoms. The fraction of sp³-hybridized carbons (Fsp3) is 0.294. The van der Waals surface area contributed by atoms with Gasteiger partial charge in [-0.05, 0) is 34.4 Å². The molecule has 0 fully saturated rings. The lowest BCUT2D eigenvalue weighted by Crippen LogP contribution is -2.33. The fourth-order valence-corrected chi connectivity index (χ4v) is 2.87. The molecule has 1 amide bonds. The molecule has 2 aromatic rings. The second-order valence-electron chi connectivity index (χ2n) is 5.11. The summed E-state index contributed by atoms with van der Waals surface area (Å²) in [6, 6.07) is 11.7. The van der Waals surface area contributed by atoms with E-state index < -0.39 is 5.97 Å². The van der Waals surface area contributed by atoms with Crippen LogP contribution in [0.15, 0.2) is 47.2 Å². The highest BCUT2D eigenvalue weighted by Gasteiger charge is 2.15. The van der Waals surface area contributed by atoms with Crippen LogP contribution in [0.1, 0.15) is 24.0 Å². The van der Waals surface area contributed by atoms with Gasteiger partial charge in [-0.2, -0.15) is 11.3 Å². The van der Waals surface area contributed by atoms with Gasteiger partial charge in [0, 0.05) is 19.5 Å². The minimum Gasteiger partial charge on any atom is -0.481 e. The van der Waals surface area contributed by atoms with Crippen LogP contribution in [0.3, 0.4) is 0 Å². The lowest BCUT2D eigenvalue weighted by Gasteiger charge is -2.22. The predicted molar refractivity (Wildman–Crippen MR) is 86.8 cm³/mol. The van der Waals surface area contributed by atoms with E-state index in [4.69, 9.17) is 5.11 Å². The topological polar surface area (TPSA) is 57.6 Å². The molecule has 116 valence electrons. The number of carbonyl (C=O) groups is 2. The van der Waals surface area contributed by atoms with Crippen molar-refractivity contribution >= 4 is 23.2 Å². The van der Waals surface area contributed by atoms with Crippen LogP contribution < -0.4 is 0 Å². The third kappa shape index (κ3) is 5.33. The number of carboxylic acids is 1. The van der Waals surface area contributed by atoms with E-state index in [1.54, 1.807) is 16.2 Å². The molecule has 1 aromatic carbocycles. The van der Waals surface area contributed by atoms with E-state index >= 15 is 0 Å². The molecular weight excluding hydrogens is 298 g/mol. The van der Waals surface area contributed by atoms with Crippen LogP contribution in [0.25, 0.3) is 0 Å². The summed E-state index contributed by atoms with van der Waals surface area (Å²) in [6.45, 7) is 0.980. The third-order valence-electron chi connectivity index (χ3n) is 3.32. The number of rotatable bonds is 8. The van der Waals surface area contributed by atoms with Crippen LogP contribution in [0.2, 0.25) is 0 Å². The molecule has 1 heterocycles. The highest BCUT2D eigenvalue weighted by atomic mass is 32.1. The Labute approximate surface area is 134 Å². The van der Waals surface area contributed by atoms with Crippen molar-refractivity contribution in [3.8, 4) is 0 Å². The standard InChI is InChI=1S/C17H19NO3S/c19-16(11-15-8-10-22-13-15)18(9-4-7-17(20)21)12-14-5-2-1-3-6-14/h1-3,5-6,8,10,13H,4,7,9,11-12H2,(H,20,21). The van der Waals surface area contributed by atoms with Gasteiger partial charge in [-0.3, -0.25) is 9.59 Å². The fourth-order valence-electron chi connectivity index (χ4n) is 2.20. The Hall–Kier alpha value is -2.14. The second-order valence-corrected chi connectivity index (χ2v) is 5.89. The van der Waals surface area contributed by atoms with Crippen molar-refractivity contribution < 1.29 is 14.7 Å². The van der Waals surface area contributed by atoms with E-state index in [1.807, 2.05) is 47.2 Å². The van der Waals surface area contributed by atoms with Gasteiger partial charge in [-0.15, -0.1) is 0 Å². The first-order chi connectivity index (χ1) is 10.6. The highest BCUT2D eigenvalue weighted by Crippen LogP contribution is 2.12. The van der Waals surface area contributed by atoms with Gasteiger partial charge < -0.3 is 10.0 Å². The summed E-state index contributed by atoms with van der Waals surface area (Å²) in [7, 11) is 0. The van der Waals surface area contributed by atoms with E-state index in [9.17, 15) is 9.59 Å². The molecule has 0 aliphatic carbocycles. The molecule has 0 bridgehead atoms. The van der Waals surface area contributed by atoms with Gasteiger partial charge in [-0.1, -0.05) is 30.3 Å². The summed E-state index contributed by atoms with van der Waals surface area (Å²) in [5.41, 5.74) is 2.06. The van der Waals surface area contributed by atoms with E-state index in [0.717, 1.165) is 11.1 Å². The van der Waals surface area contributed by atoms with Crippen LogP contribution in [0.5, 0.6) is 0 Å². The number of carboxylic acid groups (broad SMARTS) is 1. The Balaban J connectivity index is 1.99. The third-order valence-corrected chi connectivity index (χ3v) is 4.06. The molecule has 0 unspecified atom stereocenters. The van der Waals surface area contributed by atoms with Gasteiger partial charge in [0.15, 0.2) is 0 Å². The van der Waals surface area contributed by atoms with Crippen LogP contribution in [0, 0.1) is 0 Å². The zero-order valence-electron chi connectivity index (χ0n) is 12.3. The first-order valence-electron chi connectivity index (χ1n) is 7.19. The molecule has 4 nitrogen and oxygen atoms in total. The SMILES string of the molecule is O=C(O)CCCN(Cc1ccccc1)C(=O)Cc1ccsc1. The highest BCUT2D eigenvalue weighted by molar-refractivity contribution is 7.07. The van der Waals surface area contributed by atoms with Crippen molar-refractivity contribution in [3.63, 3.8) is 0 Å². The van der Waals surface area contributed by atoms with Crippen molar-refractivity contribution in [2.75, 3.05) is 6.54 Å². The zero-order valence-corrected chi connectivity index (χ0v) is 13.1. The van der Waals surface area contributed by atoms with Crippen molar-refractivity contribution in [2.24, 2.45) is 0 Å². The zero-order chi connectivity index (χ0) is 15.8. The average molecular weight is 317 g/mol. The Morgan fingerprint density at radius 2 is 1.86 bits per heavy atom. The molecule has 0 aliphatic rings. The molecule has 0 aliphatic heterocycles. The maximum absolute atomic E-state index is 12.5. The summed E-state index contributed by atoms with van der Waals surface area (Å²) in [4.78, 5) is 24.9. The minimum atomic E-state index is -0.829. The lowest BCUT2D eigenvalue weighted by molar-refractivity contribution is -0.138. The predicted octanol–water partition coefficient (Wildman–Crippen LogP) is 3.18. The molecule has 0 saturated carbocycles. The first kappa shape index (κ1) is 16.2. The number of hydrogen-bond acceptors (Lipinski definition) is 3. The number of benzene rings is 1. The summed E-state index contributed by atoms with van der Waals surface area (Å²) in [5.74, 6) is -0.794. The monoisotopic (exact) mass is 317 g/mol. The summed E-state index contributed by atoms with van der Waals surface area (Å²) >= 11 is 1.57. The largest absolute Gasteiger partial charge is 0.481 e. The van der Waals surface area contributed by atoms with Gasteiger partial charge in [0.2, 0.25) is 5.91 Å². The molecule has 0 saturated heterocycles. The van der Waals surface area contributed by atoms with Gasteiger partial charge in [0.1, 0.15) is 0 Å². The number of aliphatic carboxylic acids is 1. The normalized spacial score (nSPS) is 10.4. The minimum absolute atomic E-state index is 0.0349. The van der Waals surface area contributed by atoms with Crippen LogP contribution in [-0.4, -0.2) is 28.4 Å². The molecule has 2 rings (SSSR count). The number of amides is 1. The average Bonchev–Trinajstić information content (AvgIpc) is 3.00. The number of nitrogens with zero attached hydrogens (tertiary/aromatic N) is 1. The van der Waals surface area contributed by atoms with Gasteiger partial charge in [0.05, 0.1) is 6.42 Å². The molecule has 1 N–H and O–H groups in total. The maximum atomic E-state index is 12.5. The Kier molecular flexibility index (Phi) is 6.15. The number of hydrogen-bond donors (Lipinski definition) is 1. The molecule has 5 heteroatoms. The summed E-state index contributed by atoms with van der Waals surface area (Å²) in [5, 5.41) is 12.7. The number of thiophene rings is 1. The van der Waals surface area contributed by atoms with Crippen molar-refractivity contribution in [1.29, 1.82) is 0 Å². The van der Waals surface area contributed by atoms with E-state index in [1.165, 1.54) is 0 Å². The first-order valence-corrected chi connectivity index (χ1v) is 8.14. The summed E-state index contributed by atoms with van der Waals surface area (Å²) in [6.07, 6.45) is 0.915. The lowest BCUT2D eigenvalue weighted by atomic mass is 10.1. The second kappa shape index (κ2) is 8.34. The number of carbonyl (C=O) groups excluding carboxylic acids is 1.